The molecule has 2 aromatic carbocycles. The largest absolute Gasteiger partial charge is 0.367 e. The van der Waals surface area contributed by atoms with E-state index >= 15 is 0 Å². The van der Waals surface area contributed by atoms with Crippen LogP contribution in [0.3, 0.4) is 0 Å². The molecule has 2 aliphatic heterocycles. The Bertz CT molecular complexity index is 1430. The highest BCUT2D eigenvalue weighted by molar-refractivity contribution is 6.33. The van der Waals surface area contributed by atoms with E-state index in [0.29, 0.717) is 17.4 Å². The molecule has 1 atom stereocenters. The number of hydrogen-bond donors (Lipinski definition) is 2. The van der Waals surface area contributed by atoms with Gasteiger partial charge in [0.1, 0.15) is 5.82 Å². The Hall–Kier alpha value is -3.48. The molecule has 6 nitrogen and oxygen atoms in total. The predicted molar refractivity (Wildman–Crippen MR) is 145 cm³/mol. The molecule has 2 aromatic heterocycles. The van der Waals surface area contributed by atoms with Gasteiger partial charge in [-0.25, -0.2) is 4.98 Å². The molecule has 0 spiro atoms. The zero-order valence-electron chi connectivity index (χ0n) is 20.0. The third kappa shape index (κ3) is 4.66. The van der Waals surface area contributed by atoms with Crippen LogP contribution in [0.25, 0.3) is 22.0 Å². The first-order valence-corrected chi connectivity index (χ1v) is 12.9. The second-order valence-corrected chi connectivity index (χ2v) is 10.0. The van der Waals surface area contributed by atoms with Crippen LogP contribution in [0.15, 0.2) is 67.0 Å². The number of rotatable bonds is 5. The van der Waals surface area contributed by atoms with Crippen LogP contribution in [0.2, 0.25) is 5.02 Å². The van der Waals surface area contributed by atoms with Gasteiger partial charge in [0, 0.05) is 48.7 Å². The van der Waals surface area contributed by atoms with Gasteiger partial charge >= 0.3 is 0 Å². The molecule has 0 aliphatic carbocycles. The van der Waals surface area contributed by atoms with E-state index in [1.165, 1.54) is 16.8 Å². The van der Waals surface area contributed by atoms with Crippen molar-refractivity contribution < 1.29 is 4.79 Å². The van der Waals surface area contributed by atoms with Gasteiger partial charge in [-0.2, -0.15) is 0 Å². The lowest BCUT2D eigenvalue weighted by Gasteiger charge is -2.22. The second-order valence-electron chi connectivity index (χ2n) is 9.63. The Morgan fingerprint density at radius 2 is 2.08 bits per heavy atom. The molecule has 0 bridgehead atoms. The number of anilines is 2. The molecule has 0 radical (unpaired) electrons. The number of hydrogen-bond acceptors (Lipinski definition) is 5. The minimum atomic E-state index is -0.0286. The lowest BCUT2D eigenvalue weighted by atomic mass is 9.99. The number of piperidine rings is 1. The van der Waals surface area contributed by atoms with Crippen molar-refractivity contribution in [3.05, 3.63) is 83.1 Å². The van der Waals surface area contributed by atoms with Crippen molar-refractivity contribution in [3.8, 4) is 11.1 Å². The number of carbonyl (C=O) groups excluding carboxylic acids is 1. The van der Waals surface area contributed by atoms with Crippen molar-refractivity contribution in [2.24, 2.45) is 5.92 Å². The fourth-order valence-corrected chi connectivity index (χ4v) is 5.47. The Balaban J connectivity index is 1.24. The molecular weight excluding hydrogens is 470 g/mol. The smallest absolute Gasteiger partial charge is 0.229 e. The van der Waals surface area contributed by atoms with Crippen molar-refractivity contribution in [1.82, 2.24) is 15.3 Å². The minimum absolute atomic E-state index is 0.00804. The van der Waals surface area contributed by atoms with E-state index in [9.17, 15) is 4.79 Å². The molecule has 36 heavy (non-hydrogen) atoms. The molecule has 0 saturated carbocycles. The summed E-state index contributed by atoms with van der Waals surface area (Å²) in [5.41, 5.74) is 6.73. The monoisotopic (exact) mass is 497 g/mol. The summed E-state index contributed by atoms with van der Waals surface area (Å²) in [7, 11) is 0. The number of amides is 1. The van der Waals surface area contributed by atoms with Gasteiger partial charge in [-0.05, 0) is 72.8 Å². The predicted octanol–water partition coefficient (Wildman–Crippen LogP) is 5.45. The van der Waals surface area contributed by atoms with Crippen LogP contribution in [0.5, 0.6) is 0 Å². The first kappa shape index (κ1) is 23.0. The fraction of sp³-hybridized carbons (Fsp3) is 0.276. The molecule has 7 heteroatoms. The Morgan fingerprint density at radius 3 is 2.97 bits per heavy atom. The van der Waals surface area contributed by atoms with Crippen molar-refractivity contribution in [1.29, 1.82) is 0 Å². The number of benzene rings is 2. The first-order chi connectivity index (χ1) is 17.6. The SMILES string of the molecule is O=C(Nc1cc(-c2ccc3c(c2)N(Cc2ccc4ncccc4c2)CC3)c(Cl)cn1)C1CCCNC1. The quantitative estimate of drug-likeness (QED) is 0.383. The third-order valence-corrected chi connectivity index (χ3v) is 7.50. The highest BCUT2D eigenvalue weighted by atomic mass is 35.5. The maximum atomic E-state index is 12.7. The van der Waals surface area contributed by atoms with Gasteiger partial charge < -0.3 is 15.5 Å². The maximum Gasteiger partial charge on any atom is 0.229 e. The Labute approximate surface area is 215 Å². The van der Waals surface area contributed by atoms with Crippen LogP contribution in [-0.2, 0) is 17.8 Å². The summed E-state index contributed by atoms with van der Waals surface area (Å²) in [6, 6.07) is 19.0. The summed E-state index contributed by atoms with van der Waals surface area (Å²) >= 11 is 6.58. The van der Waals surface area contributed by atoms with Crippen molar-refractivity contribution >= 4 is 39.9 Å². The summed E-state index contributed by atoms with van der Waals surface area (Å²) in [5.74, 6) is 0.514. The van der Waals surface area contributed by atoms with Crippen molar-refractivity contribution in [2.45, 2.75) is 25.8 Å². The number of aromatic nitrogens is 2. The van der Waals surface area contributed by atoms with E-state index in [4.69, 9.17) is 11.6 Å². The summed E-state index contributed by atoms with van der Waals surface area (Å²) in [6.45, 7) is 3.49. The molecule has 2 N–H and O–H groups in total. The highest BCUT2D eigenvalue weighted by Crippen LogP contribution is 2.37. The van der Waals surface area contributed by atoms with Crippen LogP contribution >= 0.6 is 11.6 Å². The van der Waals surface area contributed by atoms with E-state index in [-0.39, 0.29) is 11.8 Å². The fourth-order valence-electron chi connectivity index (χ4n) is 5.25. The Morgan fingerprint density at radius 1 is 1.14 bits per heavy atom. The van der Waals surface area contributed by atoms with Crippen LogP contribution in [-0.4, -0.2) is 35.5 Å². The van der Waals surface area contributed by atoms with Gasteiger partial charge in [-0.1, -0.05) is 35.9 Å². The van der Waals surface area contributed by atoms with Gasteiger partial charge in [0.15, 0.2) is 0 Å². The molecule has 2 aliphatic rings. The standard InChI is InChI=1S/C29H28ClN5O/c30-25-17-33-28(34-29(36)23-4-1-10-31-16-23)15-24(25)21-7-6-20-9-12-35(27(20)14-21)18-19-5-8-26-22(13-19)3-2-11-32-26/h2-3,5-8,11,13-15,17,23,31H,1,4,9-10,12,16,18H2,(H,33,34,36). The van der Waals surface area contributed by atoms with Gasteiger partial charge in [0.2, 0.25) is 5.91 Å². The summed E-state index contributed by atoms with van der Waals surface area (Å²) in [6.07, 6.45) is 6.38. The molecule has 1 fully saturated rings. The van der Waals surface area contributed by atoms with Gasteiger partial charge in [0.25, 0.3) is 0 Å². The zero-order valence-corrected chi connectivity index (χ0v) is 20.8. The highest BCUT2D eigenvalue weighted by Gasteiger charge is 2.23. The number of nitrogens with one attached hydrogen (secondary N) is 2. The minimum Gasteiger partial charge on any atom is -0.367 e. The lowest BCUT2D eigenvalue weighted by molar-refractivity contribution is -0.120. The normalized spacial score (nSPS) is 17.2. The van der Waals surface area contributed by atoms with Crippen LogP contribution in [0.1, 0.15) is 24.0 Å². The van der Waals surface area contributed by atoms with Gasteiger partial charge in [0.05, 0.1) is 16.5 Å². The lowest BCUT2D eigenvalue weighted by Crippen LogP contribution is -2.37. The molecule has 4 heterocycles. The average molecular weight is 498 g/mol. The summed E-state index contributed by atoms with van der Waals surface area (Å²) in [5, 5.41) is 8.01. The molecule has 182 valence electrons. The van der Waals surface area contributed by atoms with E-state index in [2.05, 4.69) is 68.0 Å². The maximum absolute atomic E-state index is 12.7. The second kappa shape index (κ2) is 9.88. The van der Waals surface area contributed by atoms with Crippen molar-refractivity contribution in [2.75, 3.05) is 29.9 Å². The number of carbonyl (C=O) groups is 1. The average Bonchev–Trinajstić information content (AvgIpc) is 3.32. The third-order valence-electron chi connectivity index (χ3n) is 7.20. The van der Waals surface area contributed by atoms with E-state index in [1.807, 2.05) is 18.3 Å². The molecule has 1 saturated heterocycles. The van der Waals surface area contributed by atoms with Crippen LogP contribution < -0.4 is 15.5 Å². The van der Waals surface area contributed by atoms with Crippen LogP contribution in [0.4, 0.5) is 11.5 Å². The number of halogens is 1. The van der Waals surface area contributed by atoms with E-state index in [1.54, 1.807) is 6.20 Å². The van der Waals surface area contributed by atoms with E-state index < -0.39 is 0 Å². The first-order valence-electron chi connectivity index (χ1n) is 12.5. The molecule has 1 unspecified atom stereocenters. The zero-order chi connectivity index (χ0) is 24.5. The molecular formula is C29H28ClN5O. The topological polar surface area (TPSA) is 70.2 Å². The van der Waals surface area contributed by atoms with Gasteiger partial charge in [-0.3, -0.25) is 9.78 Å². The van der Waals surface area contributed by atoms with E-state index in [0.717, 1.165) is 60.9 Å². The number of fused-ring (bicyclic) bond motifs is 2. The number of nitrogens with zero attached hydrogens (tertiary/aromatic N) is 3. The molecule has 1 amide bonds. The number of pyridine rings is 2. The Kier molecular flexibility index (Phi) is 6.30. The van der Waals surface area contributed by atoms with Gasteiger partial charge in [-0.15, -0.1) is 0 Å². The van der Waals surface area contributed by atoms with Crippen LogP contribution in [0, 0.1) is 5.92 Å². The molecule has 4 aromatic rings. The summed E-state index contributed by atoms with van der Waals surface area (Å²) < 4.78 is 0. The molecule has 6 rings (SSSR count). The summed E-state index contributed by atoms with van der Waals surface area (Å²) in [4.78, 5) is 23.9. The van der Waals surface area contributed by atoms with Crippen molar-refractivity contribution in [3.63, 3.8) is 0 Å².